The molecule has 0 saturated carbocycles. The van der Waals surface area contributed by atoms with Crippen molar-refractivity contribution in [3.8, 4) is 0 Å². The molecule has 0 spiro atoms. The highest BCUT2D eigenvalue weighted by molar-refractivity contribution is 5.39. The number of aliphatic hydroxyl groups excluding tert-OH is 1. The van der Waals surface area contributed by atoms with Crippen molar-refractivity contribution in [3.63, 3.8) is 0 Å². The quantitative estimate of drug-likeness (QED) is 0.702. The van der Waals surface area contributed by atoms with E-state index in [-0.39, 0.29) is 6.61 Å². The second-order valence-corrected chi connectivity index (χ2v) is 2.98. The fraction of sp³-hybridized carbons (Fsp3) is 0.400. The molecule has 0 aromatic carbocycles. The molecular weight excluding hydrogens is 178 g/mol. The van der Waals surface area contributed by atoms with Gasteiger partial charge in [0.2, 0.25) is 0 Å². The zero-order valence-electron chi connectivity index (χ0n) is 8.35. The first-order valence-corrected chi connectivity index (χ1v) is 4.53. The number of aromatic nitrogens is 2. The number of aryl methyl sites for hydroxylation is 1. The van der Waals surface area contributed by atoms with Crippen molar-refractivity contribution < 1.29 is 5.11 Å². The summed E-state index contributed by atoms with van der Waals surface area (Å²) in [6, 6.07) is 1.89. The largest absolute Gasteiger partial charge is 0.395 e. The number of nitrogens with zero attached hydrogens (tertiary/aromatic N) is 3. The zero-order chi connectivity index (χ0) is 10.4. The summed E-state index contributed by atoms with van der Waals surface area (Å²) >= 11 is 0. The van der Waals surface area contributed by atoms with E-state index in [2.05, 4.69) is 16.5 Å². The van der Waals surface area contributed by atoms with Crippen LogP contribution in [-0.4, -0.2) is 34.8 Å². The third-order valence-electron chi connectivity index (χ3n) is 1.83. The van der Waals surface area contributed by atoms with Gasteiger partial charge in [-0.2, -0.15) is 0 Å². The summed E-state index contributed by atoms with van der Waals surface area (Å²) in [4.78, 5) is 10.1. The summed E-state index contributed by atoms with van der Waals surface area (Å²) in [7, 11) is 0. The number of aliphatic hydroxyl groups is 1. The van der Waals surface area contributed by atoms with Gasteiger partial charge in [0.05, 0.1) is 6.61 Å². The molecule has 14 heavy (non-hydrogen) atoms. The van der Waals surface area contributed by atoms with Gasteiger partial charge in [-0.05, 0) is 6.92 Å². The molecule has 1 aromatic heterocycles. The molecule has 1 heterocycles. The van der Waals surface area contributed by atoms with Gasteiger partial charge in [0.1, 0.15) is 12.1 Å². The Balaban J connectivity index is 2.80. The number of anilines is 1. The van der Waals surface area contributed by atoms with Crippen LogP contribution in [0.5, 0.6) is 0 Å². The van der Waals surface area contributed by atoms with Gasteiger partial charge in [0.25, 0.3) is 0 Å². The predicted octanol–water partition coefficient (Wildman–Crippen LogP) is 0.770. The smallest absolute Gasteiger partial charge is 0.132 e. The van der Waals surface area contributed by atoms with E-state index in [0.29, 0.717) is 13.1 Å². The van der Waals surface area contributed by atoms with Crippen molar-refractivity contribution >= 4 is 5.82 Å². The average Bonchev–Trinajstić information content (AvgIpc) is 2.17. The van der Waals surface area contributed by atoms with E-state index in [0.717, 1.165) is 11.5 Å². The van der Waals surface area contributed by atoms with E-state index < -0.39 is 0 Å². The number of hydrogen-bond donors (Lipinski definition) is 1. The Labute approximate surface area is 83.9 Å². The summed E-state index contributed by atoms with van der Waals surface area (Å²) in [5.74, 6) is 0.825. The molecule has 4 heteroatoms. The molecule has 0 aliphatic rings. The second-order valence-electron chi connectivity index (χ2n) is 2.98. The molecule has 76 valence electrons. The lowest BCUT2D eigenvalue weighted by Crippen LogP contribution is -2.27. The van der Waals surface area contributed by atoms with Crippen LogP contribution in [0.4, 0.5) is 5.82 Å². The summed E-state index contributed by atoms with van der Waals surface area (Å²) in [5.41, 5.74) is 0.919. The van der Waals surface area contributed by atoms with Gasteiger partial charge in [-0.1, -0.05) is 6.08 Å². The highest BCUT2D eigenvalue weighted by atomic mass is 16.3. The van der Waals surface area contributed by atoms with Crippen molar-refractivity contribution in [2.75, 3.05) is 24.6 Å². The van der Waals surface area contributed by atoms with Crippen LogP contribution in [0, 0.1) is 6.92 Å². The minimum atomic E-state index is 0.108. The van der Waals surface area contributed by atoms with Gasteiger partial charge in [-0.25, -0.2) is 9.97 Å². The monoisotopic (exact) mass is 193 g/mol. The SMILES string of the molecule is C=CCN(CCO)c1cc(C)ncn1. The summed E-state index contributed by atoms with van der Waals surface area (Å²) in [6.45, 7) is 6.92. The molecule has 4 nitrogen and oxygen atoms in total. The van der Waals surface area contributed by atoms with E-state index in [1.165, 1.54) is 6.33 Å². The molecule has 0 fully saturated rings. The first kappa shape index (κ1) is 10.7. The van der Waals surface area contributed by atoms with E-state index in [1.54, 1.807) is 6.08 Å². The number of rotatable bonds is 5. The predicted molar refractivity (Wildman–Crippen MR) is 56.3 cm³/mol. The Morgan fingerprint density at radius 3 is 2.93 bits per heavy atom. The fourth-order valence-electron chi connectivity index (χ4n) is 1.19. The molecule has 1 N–H and O–H groups in total. The van der Waals surface area contributed by atoms with Crippen LogP contribution in [0.2, 0.25) is 0 Å². The Kier molecular flexibility index (Phi) is 4.07. The fourth-order valence-corrected chi connectivity index (χ4v) is 1.19. The van der Waals surface area contributed by atoms with E-state index >= 15 is 0 Å². The Hall–Kier alpha value is -1.42. The molecular formula is C10H15N3O. The van der Waals surface area contributed by atoms with E-state index in [9.17, 15) is 0 Å². The molecule has 1 rings (SSSR count). The molecule has 1 aromatic rings. The average molecular weight is 193 g/mol. The molecule has 0 amide bonds. The normalized spacial score (nSPS) is 9.86. The van der Waals surface area contributed by atoms with E-state index in [4.69, 9.17) is 5.11 Å². The lowest BCUT2D eigenvalue weighted by molar-refractivity contribution is 0.302. The number of hydrogen-bond acceptors (Lipinski definition) is 4. The Morgan fingerprint density at radius 1 is 1.57 bits per heavy atom. The first-order chi connectivity index (χ1) is 6.77. The molecule has 0 aliphatic carbocycles. The summed E-state index contributed by atoms with van der Waals surface area (Å²) in [5, 5.41) is 8.87. The van der Waals surface area contributed by atoms with Gasteiger partial charge >= 0.3 is 0 Å². The standard InChI is InChI=1S/C10H15N3O/c1-3-4-13(5-6-14)10-7-9(2)11-8-12-10/h3,7-8,14H,1,4-6H2,2H3. The zero-order valence-corrected chi connectivity index (χ0v) is 8.35. The van der Waals surface area contributed by atoms with Crippen molar-refractivity contribution in [2.24, 2.45) is 0 Å². The molecule has 0 unspecified atom stereocenters. The maximum atomic E-state index is 8.87. The van der Waals surface area contributed by atoms with Crippen LogP contribution in [0.25, 0.3) is 0 Å². The lowest BCUT2D eigenvalue weighted by atomic mass is 10.4. The highest BCUT2D eigenvalue weighted by Crippen LogP contribution is 2.09. The van der Waals surface area contributed by atoms with Gasteiger partial charge < -0.3 is 10.0 Å². The van der Waals surface area contributed by atoms with Gasteiger partial charge in [0, 0.05) is 24.8 Å². The Morgan fingerprint density at radius 2 is 2.36 bits per heavy atom. The third kappa shape index (κ3) is 2.81. The summed E-state index contributed by atoms with van der Waals surface area (Å²) in [6.07, 6.45) is 3.31. The minimum Gasteiger partial charge on any atom is -0.395 e. The van der Waals surface area contributed by atoms with Crippen LogP contribution in [-0.2, 0) is 0 Å². The van der Waals surface area contributed by atoms with Crippen molar-refractivity contribution in [1.29, 1.82) is 0 Å². The molecule has 0 bridgehead atoms. The third-order valence-corrected chi connectivity index (χ3v) is 1.83. The van der Waals surface area contributed by atoms with Crippen molar-refractivity contribution in [3.05, 3.63) is 30.7 Å². The molecule has 0 atom stereocenters. The molecule has 0 aliphatic heterocycles. The Bertz CT molecular complexity index is 301. The molecule has 0 saturated heterocycles. The van der Waals surface area contributed by atoms with Crippen LogP contribution >= 0.6 is 0 Å². The maximum absolute atomic E-state index is 8.87. The molecule has 0 radical (unpaired) electrons. The van der Waals surface area contributed by atoms with Crippen molar-refractivity contribution in [1.82, 2.24) is 9.97 Å². The van der Waals surface area contributed by atoms with Gasteiger partial charge in [-0.3, -0.25) is 0 Å². The van der Waals surface area contributed by atoms with E-state index in [1.807, 2.05) is 17.9 Å². The van der Waals surface area contributed by atoms with Gasteiger partial charge in [-0.15, -0.1) is 6.58 Å². The minimum absolute atomic E-state index is 0.108. The van der Waals surface area contributed by atoms with Gasteiger partial charge in [0.15, 0.2) is 0 Å². The highest BCUT2D eigenvalue weighted by Gasteiger charge is 2.05. The van der Waals surface area contributed by atoms with Crippen LogP contribution in [0.1, 0.15) is 5.69 Å². The summed E-state index contributed by atoms with van der Waals surface area (Å²) < 4.78 is 0. The first-order valence-electron chi connectivity index (χ1n) is 4.53. The topological polar surface area (TPSA) is 49.2 Å². The van der Waals surface area contributed by atoms with Crippen LogP contribution < -0.4 is 4.90 Å². The van der Waals surface area contributed by atoms with Crippen LogP contribution in [0.15, 0.2) is 25.0 Å². The van der Waals surface area contributed by atoms with Crippen molar-refractivity contribution in [2.45, 2.75) is 6.92 Å². The van der Waals surface area contributed by atoms with Crippen LogP contribution in [0.3, 0.4) is 0 Å². The lowest BCUT2D eigenvalue weighted by Gasteiger charge is -2.20. The maximum Gasteiger partial charge on any atom is 0.132 e. The second kappa shape index (κ2) is 5.34.